The van der Waals surface area contributed by atoms with Gasteiger partial charge in [-0.3, -0.25) is 15.1 Å². The summed E-state index contributed by atoms with van der Waals surface area (Å²) < 4.78 is 31.0. The van der Waals surface area contributed by atoms with E-state index in [4.69, 9.17) is 14.2 Å². The predicted molar refractivity (Wildman–Crippen MR) is 159 cm³/mol. The number of aryl methyl sites for hydroxylation is 1. The fraction of sp³-hybridized carbons (Fsp3) is 0.333. The molecule has 214 valence electrons. The highest BCUT2D eigenvalue weighted by Crippen LogP contribution is 2.29. The van der Waals surface area contributed by atoms with Crippen LogP contribution in [0.1, 0.15) is 63.2 Å². The Balaban J connectivity index is 2.20. The number of nitrogens with one attached hydrogen (secondary N) is 1. The summed E-state index contributed by atoms with van der Waals surface area (Å²) in [6.07, 6.45) is 12.7. The highest BCUT2D eigenvalue weighted by molar-refractivity contribution is 7.17. The van der Waals surface area contributed by atoms with Gasteiger partial charge in [-0.2, -0.15) is 0 Å². The number of hydrogen-bond donors (Lipinski definition) is 1. The number of pyridine rings is 1. The second kappa shape index (κ2) is 16.1. The second-order valence-corrected chi connectivity index (χ2v) is 9.93. The van der Waals surface area contributed by atoms with Gasteiger partial charge in [0.2, 0.25) is 5.13 Å². The van der Waals surface area contributed by atoms with E-state index in [1.165, 1.54) is 13.3 Å². The normalized spacial score (nSPS) is 12.8. The molecule has 0 bridgehead atoms. The fourth-order valence-corrected chi connectivity index (χ4v) is 3.89. The van der Waals surface area contributed by atoms with Gasteiger partial charge in [0.1, 0.15) is 18.1 Å². The van der Waals surface area contributed by atoms with Crippen LogP contribution in [-0.2, 0) is 9.47 Å². The van der Waals surface area contributed by atoms with Gasteiger partial charge in [0, 0.05) is 17.5 Å². The Kier molecular flexibility index (Phi) is 13.0. The van der Waals surface area contributed by atoms with Gasteiger partial charge in [0.15, 0.2) is 0 Å². The van der Waals surface area contributed by atoms with Gasteiger partial charge in [0.25, 0.3) is 11.1 Å². The van der Waals surface area contributed by atoms with Crippen molar-refractivity contribution < 1.29 is 23.4 Å². The first-order chi connectivity index (χ1) is 19.1. The van der Waals surface area contributed by atoms with Crippen LogP contribution in [0.4, 0.5) is 9.52 Å². The summed E-state index contributed by atoms with van der Waals surface area (Å²) in [4.78, 5) is 17.4. The van der Waals surface area contributed by atoms with Crippen LogP contribution in [0.3, 0.4) is 0 Å². The number of anilines is 1. The van der Waals surface area contributed by atoms with Crippen molar-refractivity contribution in [1.82, 2.24) is 15.2 Å². The molecule has 0 aliphatic carbocycles. The molecule has 2 rings (SSSR count). The van der Waals surface area contributed by atoms with E-state index in [1.54, 1.807) is 31.2 Å². The van der Waals surface area contributed by atoms with E-state index in [2.05, 4.69) is 20.5 Å². The standard InChI is InChI=1S/C30H37FN4O4S/c1-9-11-12-27(37-8)25(16-31)24-15-21(7)32-17-26(24)28(36)33-29-34-35-30(40-29)38-18-22(19(3)4)13-14-23(10-2)39-20(5)6/h9-17,20H,18H2,1-8H3,(H,33,34,36)/b11-9-,14-13-,23-10+,25-16-,27-12+. The van der Waals surface area contributed by atoms with E-state index in [0.717, 1.165) is 28.2 Å². The monoisotopic (exact) mass is 568 g/mol. The maximum absolute atomic E-state index is 14.1. The first-order valence-corrected chi connectivity index (χ1v) is 13.5. The maximum Gasteiger partial charge on any atom is 0.296 e. The lowest BCUT2D eigenvalue weighted by atomic mass is 9.99. The first-order valence-electron chi connectivity index (χ1n) is 12.7. The maximum atomic E-state index is 14.1. The molecule has 2 heterocycles. The number of allylic oxidation sites excluding steroid dienone is 7. The molecule has 0 fully saturated rings. The quantitative estimate of drug-likeness (QED) is 0.197. The fourth-order valence-electron chi connectivity index (χ4n) is 3.30. The molecule has 0 saturated heterocycles. The third-order valence-electron chi connectivity index (χ3n) is 5.34. The molecular formula is C30H37FN4O4S. The number of aromatic nitrogens is 3. The molecule has 0 saturated carbocycles. The van der Waals surface area contributed by atoms with Crippen LogP contribution in [0.25, 0.3) is 5.57 Å². The Morgan fingerprint density at radius 3 is 2.52 bits per heavy atom. The Hall–Kier alpha value is -4.05. The van der Waals surface area contributed by atoms with E-state index in [0.29, 0.717) is 17.6 Å². The van der Waals surface area contributed by atoms with Crippen molar-refractivity contribution in [2.45, 2.75) is 54.6 Å². The van der Waals surface area contributed by atoms with Crippen molar-refractivity contribution in [2.75, 3.05) is 19.0 Å². The van der Waals surface area contributed by atoms with Crippen molar-refractivity contribution in [3.63, 3.8) is 0 Å². The van der Waals surface area contributed by atoms with Crippen LogP contribution in [0.5, 0.6) is 5.19 Å². The van der Waals surface area contributed by atoms with Crippen LogP contribution in [-0.4, -0.2) is 40.9 Å². The van der Waals surface area contributed by atoms with Gasteiger partial charge < -0.3 is 14.2 Å². The highest BCUT2D eigenvalue weighted by Gasteiger charge is 2.20. The average molecular weight is 569 g/mol. The number of rotatable bonds is 13. The van der Waals surface area contributed by atoms with E-state index in [1.807, 2.05) is 59.8 Å². The largest absolute Gasteiger partial charge is 0.496 e. The molecule has 0 radical (unpaired) electrons. The molecule has 0 aliphatic rings. The van der Waals surface area contributed by atoms with E-state index in [-0.39, 0.29) is 39.9 Å². The highest BCUT2D eigenvalue weighted by atomic mass is 32.1. The lowest BCUT2D eigenvalue weighted by molar-refractivity contribution is 0.102. The van der Waals surface area contributed by atoms with Crippen LogP contribution < -0.4 is 10.1 Å². The lowest BCUT2D eigenvalue weighted by Gasteiger charge is -2.14. The number of ether oxygens (including phenoxy) is 3. The number of halogens is 1. The lowest BCUT2D eigenvalue weighted by Crippen LogP contribution is -2.15. The van der Waals surface area contributed by atoms with Crippen LogP contribution >= 0.6 is 11.3 Å². The van der Waals surface area contributed by atoms with Crippen molar-refractivity contribution in [3.05, 3.63) is 94.5 Å². The molecule has 0 spiro atoms. The molecular weight excluding hydrogens is 531 g/mol. The first kappa shape index (κ1) is 32.2. The summed E-state index contributed by atoms with van der Waals surface area (Å²) in [5.41, 5.74) is 3.22. The summed E-state index contributed by atoms with van der Waals surface area (Å²) in [6.45, 7) is 13.7. The second-order valence-electron chi connectivity index (χ2n) is 8.99. The minimum absolute atomic E-state index is 0.0698. The summed E-state index contributed by atoms with van der Waals surface area (Å²) >= 11 is 1.08. The van der Waals surface area contributed by atoms with E-state index >= 15 is 0 Å². The van der Waals surface area contributed by atoms with Crippen molar-refractivity contribution in [1.29, 1.82) is 0 Å². The Morgan fingerprint density at radius 2 is 1.93 bits per heavy atom. The van der Waals surface area contributed by atoms with Gasteiger partial charge in [-0.05, 0) is 89.7 Å². The Morgan fingerprint density at radius 1 is 1.18 bits per heavy atom. The third-order valence-corrected chi connectivity index (χ3v) is 6.09. The molecule has 0 aliphatic heterocycles. The molecule has 40 heavy (non-hydrogen) atoms. The van der Waals surface area contributed by atoms with Crippen LogP contribution in [0.2, 0.25) is 0 Å². The number of amides is 1. The zero-order valence-corrected chi connectivity index (χ0v) is 25.1. The average Bonchev–Trinajstić information content (AvgIpc) is 3.36. The predicted octanol–water partition coefficient (Wildman–Crippen LogP) is 7.51. The van der Waals surface area contributed by atoms with Gasteiger partial charge in [0.05, 0.1) is 30.7 Å². The Bertz CT molecular complexity index is 1350. The summed E-state index contributed by atoms with van der Waals surface area (Å²) in [5, 5.41) is 11.3. The topological polar surface area (TPSA) is 95.5 Å². The number of carbonyl (C=O) groups is 1. The summed E-state index contributed by atoms with van der Waals surface area (Å²) in [6, 6.07) is 1.62. The molecule has 1 N–H and O–H groups in total. The summed E-state index contributed by atoms with van der Waals surface area (Å²) in [5.74, 6) is 0.497. The zero-order chi connectivity index (χ0) is 29.7. The van der Waals surface area contributed by atoms with Gasteiger partial charge in [-0.15, -0.1) is 5.10 Å². The molecule has 0 atom stereocenters. The molecule has 8 nitrogen and oxygen atoms in total. The molecule has 2 aromatic heterocycles. The molecule has 1 amide bonds. The van der Waals surface area contributed by atoms with Crippen molar-refractivity contribution in [3.8, 4) is 5.19 Å². The SMILES string of the molecule is C\C=C/C=C(OC)\C(=C/F)c1cc(C)ncc1C(=O)Nc1nnc(OCC(/C=C\C(=C/C)OC(C)C)=C(C)C)s1. The molecule has 0 aromatic carbocycles. The van der Waals surface area contributed by atoms with Crippen LogP contribution in [0.15, 0.2) is 77.7 Å². The number of carbonyl (C=O) groups excluding carboxylic acids is 1. The number of methoxy groups -OCH3 is 1. The van der Waals surface area contributed by atoms with Gasteiger partial charge >= 0.3 is 0 Å². The van der Waals surface area contributed by atoms with E-state index in [9.17, 15) is 9.18 Å². The smallest absolute Gasteiger partial charge is 0.296 e. The van der Waals surface area contributed by atoms with Gasteiger partial charge in [-0.25, -0.2) is 4.39 Å². The summed E-state index contributed by atoms with van der Waals surface area (Å²) in [7, 11) is 1.44. The zero-order valence-electron chi connectivity index (χ0n) is 24.2. The van der Waals surface area contributed by atoms with Crippen molar-refractivity contribution >= 4 is 27.9 Å². The Labute approximate surface area is 239 Å². The van der Waals surface area contributed by atoms with Crippen LogP contribution in [0, 0.1) is 6.92 Å². The van der Waals surface area contributed by atoms with E-state index < -0.39 is 5.91 Å². The minimum Gasteiger partial charge on any atom is -0.496 e. The minimum atomic E-state index is -0.525. The molecule has 2 aromatic rings. The number of nitrogens with zero attached hydrogens (tertiary/aromatic N) is 3. The molecule has 10 heteroatoms. The van der Waals surface area contributed by atoms with Gasteiger partial charge in [-0.1, -0.05) is 28.9 Å². The molecule has 0 unspecified atom stereocenters. The number of hydrogen-bond acceptors (Lipinski definition) is 8. The van der Waals surface area contributed by atoms with Crippen molar-refractivity contribution in [2.24, 2.45) is 0 Å². The third kappa shape index (κ3) is 9.60.